The van der Waals surface area contributed by atoms with E-state index in [-0.39, 0.29) is 0 Å². The van der Waals surface area contributed by atoms with E-state index < -0.39 is 0 Å². The average Bonchev–Trinajstić information content (AvgIpc) is 2.97. The van der Waals surface area contributed by atoms with Crippen LogP contribution >= 0.6 is 11.3 Å². The number of aromatic nitrogens is 2. The van der Waals surface area contributed by atoms with Crippen LogP contribution in [0.4, 0.5) is 5.82 Å². The Hall–Kier alpha value is -1.46. The van der Waals surface area contributed by atoms with Crippen LogP contribution in [0.3, 0.4) is 0 Å². The van der Waals surface area contributed by atoms with Crippen LogP contribution in [0.2, 0.25) is 0 Å². The van der Waals surface area contributed by atoms with Crippen molar-refractivity contribution >= 4 is 17.2 Å². The third kappa shape index (κ3) is 2.83. The van der Waals surface area contributed by atoms with Crippen LogP contribution in [0.1, 0.15) is 16.1 Å². The van der Waals surface area contributed by atoms with E-state index >= 15 is 0 Å². The van der Waals surface area contributed by atoms with Crippen molar-refractivity contribution in [3.8, 4) is 0 Å². The van der Waals surface area contributed by atoms with Gasteiger partial charge in [0.2, 0.25) is 0 Å². The lowest BCUT2D eigenvalue weighted by Gasteiger charge is -2.30. The summed E-state index contributed by atoms with van der Waals surface area (Å²) in [6.45, 7) is 3.18. The first-order chi connectivity index (χ1) is 9.74. The molecule has 5 heteroatoms. The van der Waals surface area contributed by atoms with Crippen LogP contribution < -0.4 is 4.90 Å². The molecule has 0 amide bonds. The summed E-state index contributed by atoms with van der Waals surface area (Å²) < 4.78 is 0. The summed E-state index contributed by atoms with van der Waals surface area (Å²) >= 11 is 1.85. The SMILES string of the molecule is CN(C)c1ncnc2c1CN(CCc1cccs1)CC2. The van der Waals surface area contributed by atoms with Gasteiger partial charge in [-0.1, -0.05) is 6.07 Å². The largest absolute Gasteiger partial charge is 0.362 e. The molecule has 1 aliphatic heterocycles. The number of hydrogen-bond donors (Lipinski definition) is 0. The Kier molecular flexibility index (Phi) is 3.98. The van der Waals surface area contributed by atoms with E-state index in [0.717, 1.165) is 38.3 Å². The minimum Gasteiger partial charge on any atom is -0.362 e. The second kappa shape index (κ2) is 5.89. The van der Waals surface area contributed by atoms with Crippen molar-refractivity contribution in [2.75, 3.05) is 32.1 Å². The lowest BCUT2D eigenvalue weighted by atomic mass is 10.1. The second-order valence-electron chi connectivity index (χ2n) is 5.37. The third-order valence-corrected chi connectivity index (χ3v) is 4.67. The van der Waals surface area contributed by atoms with Crippen LogP contribution in [0, 0.1) is 0 Å². The Balaban J connectivity index is 1.71. The molecule has 1 aliphatic rings. The molecule has 0 radical (unpaired) electrons. The molecule has 0 atom stereocenters. The fourth-order valence-electron chi connectivity index (χ4n) is 2.68. The fourth-order valence-corrected chi connectivity index (χ4v) is 3.38. The normalized spacial score (nSPS) is 15.1. The molecule has 106 valence electrons. The zero-order valence-electron chi connectivity index (χ0n) is 12.0. The van der Waals surface area contributed by atoms with Crippen LogP contribution in [0.25, 0.3) is 0 Å². The minimum atomic E-state index is 0.967. The van der Waals surface area contributed by atoms with Gasteiger partial charge in [0.15, 0.2) is 0 Å². The van der Waals surface area contributed by atoms with Gasteiger partial charge in [0, 0.05) is 50.6 Å². The summed E-state index contributed by atoms with van der Waals surface area (Å²) in [4.78, 5) is 14.9. The molecule has 3 rings (SSSR count). The molecule has 2 aromatic heterocycles. The van der Waals surface area contributed by atoms with Crippen LogP contribution in [-0.2, 0) is 19.4 Å². The van der Waals surface area contributed by atoms with Crippen molar-refractivity contribution in [2.45, 2.75) is 19.4 Å². The quantitative estimate of drug-likeness (QED) is 0.863. The van der Waals surface area contributed by atoms with Crippen LogP contribution in [-0.4, -0.2) is 42.1 Å². The predicted molar refractivity (Wildman–Crippen MR) is 83.4 cm³/mol. The standard InChI is InChI=1S/C15H20N4S/c1-18(2)15-13-10-19(7-5-12-4-3-9-20-12)8-6-14(13)16-11-17-15/h3-4,9,11H,5-8,10H2,1-2H3. The summed E-state index contributed by atoms with van der Waals surface area (Å²) in [5, 5.41) is 2.15. The third-order valence-electron chi connectivity index (χ3n) is 3.74. The molecule has 2 aromatic rings. The minimum absolute atomic E-state index is 0.967. The molecule has 0 bridgehead atoms. The van der Waals surface area contributed by atoms with Crippen LogP contribution in [0.5, 0.6) is 0 Å². The fraction of sp³-hybridized carbons (Fsp3) is 0.467. The first-order valence-electron chi connectivity index (χ1n) is 6.99. The zero-order valence-corrected chi connectivity index (χ0v) is 12.9. The van der Waals surface area contributed by atoms with Crippen molar-refractivity contribution in [3.63, 3.8) is 0 Å². The maximum absolute atomic E-state index is 4.44. The Labute approximate surface area is 124 Å². The van der Waals surface area contributed by atoms with Gasteiger partial charge in [-0.15, -0.1) is 11.3 Å². The first kappa shape index (κ1) is 13.5. The van der Waals surface area contributed by atoms with Gasteiger partial charge in [-0.25, -0.2) is 9.97 Å². The van der Waals surface area contributed by atoms with Gasteiger partial charge in [-0.05, 0) is 17.9 Å². The molecule has 0 saturated carbocycles. The van der Waals surface area contributed by atoms with Crippen molar-refractivity contribution < 1.29 is 0 Å². The summed E-state index contributed by atoms with van der Waals surface area (Å²) in [6.07, 6.45) is 3.86. The molecule has 0 N–H and O–H groups in total. The summed E-state index contributed by atoms with van der Waals surface area (Å²) in [5.74, 6) is 1.07. The lowest BCUT2D eigenvalue weighted by Crippen LogP contribution is -2.34. The molecule has 3 heterocycles. The lowest BCUT2D eigenvalue weighted by molar-refractivity contribution is 0.255. The van der Waals surface area contributed by atoms with E-state index in [1.165, 1.54) is 16.1 Å². The maximum Gasteiger partial charge on any atom is 0.136 e. The number of rotatable bonds is 4. The van der Waals surface area contributed by atoms with E-state index in [4.69, 9.17) is 0 Å². The highest BCUT2D eigenvalue weighted by Gasteiger charge is 2.21. The maximum atomic E-state index is 4.44. The first-order valence-corrected chi connectivity index (χ1v) is 7.87. The van der Waals surface area contributed by atoms with Crippen molar-refractivity contribution in [2.24, 2.45) is 0 Å². The highest BCUT2D eigenvalue weighted by atomic mass is 32.1. The molecule has 0 fully saturated rings. The predicted octanol–water partition coefficient (Wildman–Crippen LogP) is 2.20. The van der Waals surface area contributed by atoms with Gasteiger partial charge < -0.3 is 4.90 Å². The van der Waals surface area contributed by atoms with Gasteiger partial charge in [0.05, 0.1) is 5.69 Å². The molecule has 0 aromatic carbocycles. The molecule has 0 saturated heterocycles. The summed E-state index contributed by atoms with van der Waals surface area (Å²) in [7, 11) is 4.10. The van der Waals surface area contributed by atoms with Gasteiger partial charge in [-0.2, -0.15) is 0 Å². The van der Waals surface area contributed by atoms with E-state index in [1.807, 2.05) is 25.4 Å². The smallest absolute Gasteiger partial charge is 0.136 e. The molecule has 0 unspecified atom stereocenters. The van der Waals surface area contributed by atoms with Crippen molar-refractivity contribution in [1.29, 1.82) is 0 Å². The highest BCUT2D eigenvalue weighted by Crippen LogP contribution is 2.24. The number of fused-ring (bicyclic) bond motifs is 1. The zero-order chi connectivity index (χ0) is 13.9. The average molecular weight is 288 g/mol. The number of nitrogens with zero attached hydrogens (tertiary/aromatic N) is 4. The van der Waals surface area contributed by atoms with Gasteiger partial charge >= 0.3 is 0 Å². The summed E-state index contributed by atoms with van der Waals surface area (Å²) in [6, 6.07) is 4.35. The van der Waals surface area contributed by atoms with E-state index in [1.54, 1.807) is 6.33 Å². The summed E-state index contributed by atoms with van der Waals surface area (Å²) in [5.41, 5.74) is 2.52. The van der Waals surface area contributed by atoms with E-state index in [9.17, 15) is 0 Å². The topological polar surface area (TPSA) is 32.3 Å². The van der Waals surface area contributed by atoms with Crippen molar-refractivity contribution in [3.05, 3.63) is 40.0 Å². The Morgan fingerprint density at radius 2 is 2.25 bits per heavy atom. The van der Waals surface area contributed by atoms with E-state index in [2.05, 4.69) is 37.3 Å². The molecule has 20 heavy (non-hydrogen) atoms. The highest BCUT2D eigenvalue weighted by molar-refractivity contribution is 7.09. The molecule has 0 aliphatic carbocycles. The van der Waals surface area contributed by atoms with E-state index in [0.29, 0.717) is 0 Å². The van der Waals surface area contributed by atoms with Gasteiger partial charge in [0.25, 0.3) is 0 Å². The molecule has 0 spiro atoms. The number of thiophene rings is 1. The second-order valence-corrected chi connectivity index (χ2v) is 6.40. The Morgan fingerprint density at radius 1 is 1.35 bits per heavy atom. The molecule has 4 nitrogen and oxygen atoms in total. The van der Waals surface area contributed by atoms with Gasteiger partial charge in [0.1, 0.15) is 12.1 Å². The number of hydrogen-bond acceptors (Lipinski definition) is 5. The van der Waals surface area contributed by atoms with Gasteiger partial charge in [-0.3, -0.25) is 4.90 Å². The molecular formula is C15H20N4S. The monoisotopic (exact) mass is 288 g/mol. The van der Waals surface area contributed by atoms with Crippen molar-refractivity contribution in [1.82, 2.24) is 14.9 Å². The number of anilines is 1. The van der Waals surface area contributed by atoms with Crippen LogP contribution in [0.15, 0.2) is 23.8 Å². The Morgan fingerprint density at radius 3 is 3.00 bits per heavy atom. The molecular weight excluding hydrogens is 268 g/mol. The Bertz CT molecular complexity index is 565.